The van der Waals surface area contributed by atoms with E-state index in [9.17, 15) is 13.2 Å². The maximum absolute atomic E-state index is 12.2. The van der Waals surface area contributed by atoms with E-state index in [1.54, 1.807) is 23.5 Å². The van der Waals surface area contributed by atoms with Crippen molar-refractivity contribution in [1.29, 1.82) is 0 Å². The molecule has 0 saturated carbocycles. The summed E-state index contributed by atoms with van der Waals surface area (Å²) in [6.45, 7) is 4.81. The Morgan fingerprint density at radius 3 is 2.42 bits per heavy atom. The minimum atomic E-state index is -4.68. The quantitative estimate of drug-likeness (QED) is 0.511. The molecule has 0 bridgehead atoms. The van der Waals surface area contributed by atoms with Crippen LogP contribution in [0.15, 0.2) is 41.6 Å². The van der Waals surface area contributed by atoms with Gasteiger partial charge in [-0.3, -0.25) is 0 Å². The Labute approximate surface area is 157 Å². The zero-order valence-electron chi connectivity index (χ0n) is 14.1. The highest BCUT2D eigenvalue weighted by Gasteiger charge is 2.30. The molecule has 0 aliphatic carbocycles. The molecule has 0 radical (unpaired) electrons. The van der Waals surface area contributed by atoms with Crippen molar-refractivity contribution < 1.29 is 17.9 Å². The monoisotopic (exact) mass is 399 g/mol. The summed E-state index contributed by atoms with van der Waals surface area (Å²) < 4.78 is 42.5. The Hall–Kier alpha value is -2.00. The summed E-state index contributed by atoms with van der Waals surface area (Å²) in [7, 11) is 0. The molecule has 0 saturated heterocycles. The number of thiophene rings is 1. The van der Waals surface area contributed by atoms with Crippen LogP contribution in [0.25, 0.3) is 10.7 Å². The fraction of sp³-hybridized carbons (Fsp3) is 0.294. The van der Waals surface area contributed by atoms with Crippen molar-refractivity contribution in [2.75, 3.05) is 0 Å². The molecule has 0 spiro atoms. The van der Waals surface area contributed by atoms with Crippen molar-refractivity contribution in [3.05, 3.63) is 46.8 Å². The number of benzene rings is 1. The predicted molar refractivity (Wildman–Crippen MR) is 96.4 cm³/mol. The second kappa shape index (κ2) is 7.71. The van der Waals surface area contributed by atoms with Crippen molar-refractivity contribution in [3.63, 3.8) is 0 Å². The third kappa shape index (κ3) is 4.59. The molecule has 0 N–H and O–H groups in total. The highest BCUT2D eigenvalue weighted by atomic mass is 32.2. The van der Waals surface area contributed by atoms with E-state index in [-0.39, 0.29) is 5.75 Å². The summed E-state index contributed by atoms with van der Waals surface area (Å²) in [5.41, 5.74) is 0.878. The van der Waals surface area contributed by atoms with Gasteiger partial charge in [-0.2, -0.15) is 0 Å². The highest BCUT2D eigenvalue weighted by molar-refractivity contribution is 7.98. The highest BCUT2D eigenvalue weighted by Crippen LogP contribution is 2.31. The number of hydrogen-bond donors (Lipinski definition) is 0. The van der Waals surface area contributed by atoms with E-state index in [2.05, 4.69) is 14.9 Å². The average molecular weight is 399 g/mol. The normalized spacial score (nSPS) is 11.7. The SMILES string of the molecule is CCn1c(SCc2ccc(OC(F)(F)F)cc2)nnc1-c1ccc(C)s1. The molecule has 138 valence electrons. The third-order valence-corrected chi connectivity index (χ3v) is 5.55. The van der Waals surface area contributed by atoms with Crippen LogP contribution in [-0.2, 0) is 12.3 Å². The van der Waals surface area contributed by atoms with Crippen molar-refractivity contribution in [2.24, 2.45) is 0 Å². The molecule has 0 amide bonds. The number of nitrogens with zero attached hydrogens (tertiary/aromatic N) is 3. The van der Waals surface area contributed by atoms with Crippen LogP contribution in [0.5, 0.6) is 5.75 Å². The molecule has 2 aromatic heterocycles. The Balaban J connectivity index is 1.69. The molecule has 1 aromatic carbocycles. The maximum atomic E-state index is 12.2. The smallest absolute Gasteiger partial charge is 0.406 e. The number of halogens is 3. The third-order valence-electron chi connectivity index (χ3n) is 3.52. The molecule has 2 heterocycles. The molecular formula is C17H16F3N3OS2. The Morgan fingerprint density at radius 2 is 1.85 bits per heavy atom. The summed E-state index contributed by atoms with van der Waals surface area (Å²) in [5.74, 6) is 1.19. The van der Waals surface area contributed by atoms with Crippen molar-refractivity contribution in [3.8, 4) is 16.5 Å². The Kier molecular flexibility index (Phi) is 5.57. The van der Waals surface area contributed by atoms with Crippen LogP contribution in [0.3, 0.4) is 0 Å². The van der Waals surface area contributed by atoms with Crippen molar-refractivity contribution >= 4 is 23.1 Å². The minimum Gasteiger partial charge on any atom is -0.406 e. The van der Waals surface area contributed by atoms with Crippen LogP contribution >= 0.6 is 23.1 Å². The second-order valence-electron chi connectivity index (χ2n) is 5.44. The van der Waals surface area contributed by atoms with Crippen molar-refractivity contribution in [2.45, 2.75) is 37.7 Å². The molecule has 3 aromatic rings. The van der Waals surface area contributed by atoms with E-state index in [1.165, 1.54) is 28.8 Å². The summed E-state index contributed by atoms with van der Waals surface area (Å²) in [6.07, 6.45) is -4.68. The van der Waals surface area contributed by atoms with Crippen LogP contribution in [-0.4, -0.2) is 21.1 Å². The lowest BCUT2D eigenvalue weighted by Gasteiger charge is -2.09. The van der Waals surface area contributed by atoms with Gasteiger partial charge in [0.25, 0.3) is 0 Å². The first kappa shape index (κ1) is 18.8. The predicted octanol–water partition coefficient (Wildman–Crippen LogP) is 5.53. The van der Waals surface area contributed by atoms with Crippen LogP contribution in [0.1, 0.15) is 17.4 Å². The summed E-state index contributed by atoms with van der Waals surface area (Å²) in [5, 5.41) is 9.34. The van der Waals surface area contributed by atoms with Gasteiger partial charge in [0.1, 0.15) is 5.75 Å². The fourth-order valence-electron chi connectivity index (χ4n) is 2.35. The molecule has 26 heavy (non-hydrogen) atoms. The molecule has 0 aliphatic rings. The molecule has 0 fully saturated rings. The van der Waals surface area contributed by atoms with Gasteiger partial charge in [0.2, 0.25) is 0 Å². The zero-order valence-corrected chi connectivity index (χ0v) is 15.7. The van der Waals surface area contributed by atoms with Crippen LogP contribution in [0.4, 0.5) is 13.2 Å². The number of hydrogen-bond acceptors (Lipinski definition) is 5. The lowest BCUT2D eigenvalue weighted by Crippen LogP contribution is -2.16. The minimum absolute atomic E-state index is 0.224. The molecule has 9 heteroatoms. The van der Waals surface area contributed by atoms with Crippen molar-refractivity contribution in [1.82, 2.24) is 14.8 Å². The second-order valence-corrected chi connectivity index (χ2v) is 7.67. The van der Waals surface area contributed by atoms with Gasteiger partial charge in [-0.1, -0.05) is 23.9 Å². The average Bonchev–Trinajstić information content (AvgIpc) is 3.18. The molecule has 0 aliphatic heterocycles. The van der Waals surface area contributed by atoms with Gasteiger partial charge in [0.05, 0.1) is 4.88 Å². The number of alkyl halides is 3. The van der Waals surface area contributed by atoms with Gasteiger partial charge < -0.3 is 9.30 Å². The van der Waals surface area contributed by atoms with Crippen LogP contribution in [0, 0.1) is 6.92 Å². The number of thioether (sulfide) groups is 1. The molecule has 0 unspecified atom stereocenters. The molecular weight excluding hydrogens is 383 g/mol. The van der Waals surface area contributed by atoms with Gasteiger partial charge in [-0.25, -0.2) is 0 Å². The number of aryl methyl sites for hydroxylation is 1. The van der Waals surface area contributed by atoms with Crippen LogP contribution in [0.2, 0.25) is 0 Å². The first-order valence-electron chi connectivity index (χ1n) is 7.83. The lowest BCUT2D eigenvalue weighted by atomic mass is 10.2. The maximum Gasteiger partial charge on any atom is 0.573 e. The van der Waals surface area contributed by atoms with Gasteiger partial charge in [0, 0.05) is 17.2 Å². The van der Waals surface area contributed by atoms with Gasteiger partial charge in [0.15, 0.2) is 11.0 Å². The summed E-state index contributed by atoms with van der Waals surface area (Å²) in [6, 6.07) is 9.94. The first-order chi connectivity index (χ1) is 12.4. The van der Waals surface area contributed by atoms with E-state index in [0.29, 0.717) is 5.75 Å². The molecule has 0 atom stereocenters. The standard InChI is InChI=1S/C17H16F3N3OS2/c1-3-23-15(14-9-4-11(2)26-14)21-22-16(23)25-10-12-5-7-13(8-6-12)24-17(18,19)20/h4-9H,3,10H2,1-2H3. The molecule has 4 nitrogen and oxygen atoms in total. The Bertz CT molecular complexity index is 872. The van der Waals surface area contributed by atoms with E-state index in [1.807, 2.05) is 30.5 Å². The van der Waals surface area contributed by atoms with E-state index < -0.39 is 6.36 Å². The van der Waals surface area contributed by atoms with E-state index >= 15 is 0 Å². The number of rotatable bonds is 6. The van der Waals surface area contributed by atoms with Gasteiger partial charge in [-0.15, -0.1) is 34.7 Å². The fourth-order valence-corrected chi connectivity index (χ4v) is 4.17. The van der Waals surface area contributed by atoms with Gasteiger partial charge in [-0.05, 0) is 43.7 Å². The Morgan fingerprint density at radius 1 is 1.12 bits per heavy atom. The van der Waals surface area contributed by atoms with Gasteiger partial charge >= 0.3 is 6.36 Å². The lowest BCUT2D eigenvalue weighted by molar-refractivity contribution is -0.274. The number of aromatic nitrogens is 3. The first-order valence-corrected chi connectivity index (χ1v) is 9.63. The van der Waals surface area contributed by atoms with E-state index in [4.69, 9.17) is 0 Å². The van der Waals surface area contributed by atoms with Crippen LogP contribution < -0.4 is 4.74 Å². The topological polar surface area (TPSA) is 39.9 Å². The molecule has 3 rings (SSSR count). The largest absolute Gasteiger partial charge is 0.573 e. The number of ether oxygens (including phenoxy) is 1. The zero-order chi connectivity index (χ0) is 18.7. The summed E-state index contributed by atoms with van der Waals surface area (Å²) in [4.78, 5) is 2.28. The van der Waals surface area contributed by atoms with E-state index in [0.717, 1.165) is 28.0 Å². The summed E-state index contributed by atoms with van der Waals surface area (Å²) >= 11 is 3.16.